The minimum Gasteiger partial charge on any atom is -0.268 e. The summed E-state index contributed by atoms with van der Waals surface area (Å²) in [4.78, 5) is 0. The van der Waals surface area contributed by atoms with E-state index in [2.05, 4.69) is 36.1 Å². The minimum atomic E-state index is 0.127. The van der Waals surface area contributed by atoms with E-state index in [0.717, 1.165) is 0 Å². The molecule has 3 heteroatoms. The SMILES string of the molecule is CC(C)(C)N1N=NC2CCCCCCC21. The molecule has 1 heterocycles. The molecule has 0 aromatic heterocycles. The second-order valence-electron chi connectivity index (χ2n) is 5.85. The number of hydrogen-bond donors (Lipinski definition) is 0. The maximum Gasteiger partial charge on any atom is 0.0949 e. The summed E-state index contributed by atoms with van der Waals surface area (Å²) in [6, 6.07) is 1.05. The summed E-state index contributed by atoms with van der Waals surface area (Å²) < 4.78 is 0. The van der Waals surface area contributed by atoms with E-state index in [1.54, 1.807) is 0 Å². The summed E-state index contributed by atoms with van der Waals surface area (Å²) in [6.07, 6.45) is 7.96. The standard InChI is InChI=1S/C12H23N3/c1-12(2,3)15-11-9-7-5-4-6-8-10(11)13-14-15/h10-11H,4-9H2,1-3H3. The number of hydrogen-bond acceptors (Lipinski definition) is 3. The van der Waals surface area contributed by atoms with Crippen LogP contribution in [0.3, 0.4) is 0 Å². The molecule has 15 heavy (non-hydrogen) atoms. The number of fused-ring (bicyclic) bond motifs is 1. The second-order valence-corrected chi connectivity index (χ2v) is 5.85. The van der Waals surface area contributed by atoms with Crippen molar-refractivity contribution in [3.8, 4) is 0 Å². The maximum atomic E-state index is 4.46. The van der Waals surface area contributed by atoms with Crippen LogP contribution in [0.5, 0.6) is 0 Å². The molecule has 2 atom stereocenters. The molecule has 0 saturated heterocycles. The normalized spacial score (nSPS) is 32.3. The van der Waals surface area contributed by atoms with E-state index in [0.29, 0.717) is 12.1 Å². The van der Waals surface area contributed by atoms with E-state index in [9.17, 15) is 0 Å². The highest BCUT2D eigenvalue weighted by molar-refractivity contribution is 4.92. The Hall–Kier alpha value is -0.600. The van der Waals surface area contributed by atoms with Crippen LogP contribution in [0, 0.1) is 0 Å². The first-order valence-electron chi connectivity index (χ1n) is 6.29. The van der Waals surface area contributed by atoms with Gasteiger partial charge in [0.25, 0.3) is 0 Å². The molecule has 2 unspecified atom stereocenters. The lowest BCUT2D eigenvalue weighted by Crippen LogP contribution is -2.46. The van der Waals surface area contributed by atoms with Gasteiger partial charge in [0.2, 0.25) is 0 Å². The van der Waals surface area contributed by atoms with Gasteiger partial charge in [-0.1, -0.05) is 30.9 Å². The first-order chi connectivity index (χ1) is 7.09. The van der Waals surface area contributed by atoms with Gasteiger partial charge in [0.05, 0.1) is 17.6 Å². The van der Waals surface area contributed by atoms with Gasteiger partial charge in [0.1, 0.15) is 0 Å². The van der Waals surface area contributed by atoms with Gasteiger partial charge in [0, 0.05) is 0 Å². The fourth-order valence-corrected chi connectivity index (χ4v) is 2.69. The average molecular weight is 209 g/mol. The fraction of sp³-hybridized carbons (Fsp3) is 1.00. The number of rotatable bonds is 0. The van der Waals surface area contributed by atoms with E-state index < -0.39 is 0 Å². The van der Waals surface area contributed by atoms with Crippen molar-refractivity contribution in [3.05, 3.63) is 0 Å². The van der Waals surface area contributed by atoms with Crippen LogP contribution >= 0.6 is 0 Å². The van der Waals surface area contributed by atoms with E-state index in [-0.39, 0.29) is 5.54 Å². The van der Waals surface area contributed by atoms with Crippen LogP contribution in [0.1, 0.15) is 59.3 Å². The van der Waals surface area contributed by atoms with Crippen molar-refractivity contribution in [1.29, 1.82) is 0 Å². The van der Waals surface area contributed by atoms with Crippen molar-refractivity contribution >= 4 is 0 Å². The zero-order valence-corrected chi connectivity index (χ0v) is 10.2. The summed E-state index contributed by atoms with van der Waals surface area (Å²) in [7, 11) is 0. The Morgan fingerprint density at radius 3 is 2.33 bits per heavy atom. The van der Waals surface area contributed by atoms with Gasteiger partial charge >= 0.3 is 0 Å². The molecule has 0 N–H and O–H groups in total. The first kappa shape index (κ1) is 10.9. The molecule has 2 rings (SSSR count). The number of nitrogens with zero attached hydrogens (tertiary/aromatic N) is 3. The third kappa shape index (κ3) is 2.32. The van der Waals surface area contributed by atoms with Gasteiger partial charge in [0.15, 0.2) is 0 Å². The van der Waals surface area contributed by atoms with E-state index >= 15 is 0 Å². The van der Waals surface area contributed by atoms with Crippen molar-refractivity contribution in [2.24, 2.45) is 10.3 Å². The predicted molar refractivity (Wildman–Crippen MR) is 61.7 cm³/mol. The van der Waals surface area contributed by atoms with Crippen molar-refractivity contribution < 1.29 is 0 Å². The Bertz CT molecular complexity index is 242. The van der Waals surface area contributed by atoms with Crippen molar-refractivity contribution in [2.45, 2.75) is 76.9 Å². The van der Waals surface area contributed by atoms with Crippen molar-refractivity contribution in [1.82, 2.24) is 5.01 Å². The third-order valence-electron chi connectivity index (χ3n) is 3.49. The fourth-order valence-electron chi connectivity index (χ4n) is 2.69. The molecule has 0 aromatic carbocycles. The molecule has 0 amide bonds. The highest BCUT2D eigenvalue weighted by atomic mass is 15.6. The quantitative estimate of drug-likeness (QED) is 0.599. The van der Waals surface area contributed by atoms with Crippen LogP contribution < -0.4 is 0 Å². The summed E-state index contributed by atoms with van der Waals surface area (Å²) in [6.45, 7) is 6.69. The Labute approximate surface area is 92.9 Å². The molecule has 3 nitrogen and oxygen atoms in total. The summed E-state index contributed by atoms with van der Waals surface area (Å²) in [5.74, 6) is 0. The first-order valence-corrected chi connectivity index (χ1v) is 6.29. The molecule has 1 saturated carbocycles. The van der Waals surface area contributed by atoms with Crippen LogP contribution in [0.15, 0.2) is 10.3 Å². The highest BCUT2D eigenvalue weighted by Gasteiger charge is 2.38. The molecular formula is C12H23N3. The molecule has 86 valence electrons. The molecule has 1 aliphatic heterocycles. The van der Waals surface area contributed by atoms with Crippen LogP contribution in [0.4, 0.5) is 0 Å². The molecule has 0 spiro atoms. The summed E-state index contributed by atoms with van der Waals surface area (Å²) >= 11 is 0. The van der Waals surface area contributed by atoms with Gasteiger partial charge in [-0.05, 0) is 33.6 Å². The largest absolute Gasteiger partial charge is 0.268 e. The molecule has 1 fully saturated rings. The van der Waals surface area contributed by atoms with Gasteiger partial charge in [-0.3, -0.25) is 5.01 Å². The monoisotopic (exact) mass is 209 g/mol. The highest BCUT2D eigenvalue weighted by Crippen LogP contribution is 2.33. The van der Waals surface area contributed by atoms with Crippen LogP contribution in [0.2, 0.25) is 0 Å². The topological polar surface area (TPSA) is 28.0 Å². The van der Waals surface area contributed by atoms with Gasteiger partial charge in [-0.25, -0.2) is 0 Å². The molecule has 0 aromatic rings. The van der Waals surface area contributed by atoms with E-state index in [4.69, 9.17) is 0 Å². The molecule has 2 aliphatic rings. The van der Waals surface area contributed by atoms with Crippen LogP contribution in [-0.2, 0) is 0 Å². The predicted octanol–water partition coefficient (Wildman–Crippen LogP) is 3.56. The van der Waals surface area contributed by atoms with Crippen LogP contribution in [0.25, 0.3) is 0 Å². The Balaban J connectivity index is 2.08. The summed E-state index contributed by atoms with van der Waals surface area (Å²) in [5, 5.41) is 11.1. The lowest BCUT2D eigenvalue weighted by Gasteiger charge is -2.36. The van der Waals surface area contributed by atoms with Gasteiger partial charge in [-0.2, -0.15) is 5.11 Å². The lowest BCUT2D eigenvalue weighted by molar-refractivity contribution is 0.0870. The van der Waals surface area contributed by atoms with Gasteiger partial charge < -0.3 is 0 Å². The molecule has 1 aliphatic carbocycles. The molecule has 0 bridgehead atoms. The van der Waals surface area contributed by atoms with Crippen LogP contribution in [-0.4, -0.2) is 22.6 Å². The Kier molecular flexibility index (Phi) is 2.98. The zero-order chi connectivity index (χ0) is 10.9. The Morgan fingerprint density at radius 2 is 1.67 bits per heavy atom. The molecule has 0 radical (unpaired) electrons. The zero-order valence-electron chi connectivity index (χ0n) is 10.2. The minimum absolute atomic E-state index is 0.127. The second kappa shape index (κ2) is 4.11. The third-order valence-corrected chi connectivity index (χ3v) is 3.49. The summed E-state index contributed by atoms with van der Waals surface area (Å²) in [5.41, 5.74) is 0.127. The molecular weight excluding hydrogens is 186 g/mol. The lowest BCUT2D eigenvalue weighted by atomic mass is 9.91. The van der Waals surface area contributed by atoms with Crippen molar-refractivity contribution in [2.75, 3.05) is 0 Å². The maximum absolute atomic E-state index is 4.46. The van der Waals surface area contributed by atoms with Gasteiger partial charge in [-0.15, -0.1) is 0 Å². The van der Waals surface area contributed by atoms with Crippen molar-refractivity contribution in [3.63, 3.8) is 0 Å². The van der Waals surface area contributed by atoms with E-state index in [1.165, 1.54) is 38.5 Å². The Morgan fingerprint density at radius 1 is 1.00 bits per heavy atom. The van der Waals surface area contributed by atoms with E-state index in [1.807, 2.05) is 0 Å². The average Bonchev–Trinajstić information content (AvgIpc) is 2.46. The smallest absolute Gasteiger partial charge is 0.0949 e.